The summed E-state index contributed by atoms with van der Waals surface area (Å²) in [5.41, 5.74) is 1.22. The number of halogens is 5. The molecule has 164 valence electrons. The number of piperazine rings is 1. The van der Waals surface area contributed by atoms with E-state index in [4.69, 9.17) is 21.5 Å². The normalized spacial score (nSPS) is 16.6. The molecule has 1 atom stereocenters. The van der Waals surface area contributed by atoms with Gasteiger partial charge in [-0.15, -0.1) is 11.3 Å². The Morgan fingerprint density at radius 3 is 2.63 bits per heavy atom. The Morgan fingerprint density at radius 2 is 2.07 bits per heavy atom. The highest BCUT2D eigenvalue weighted by atomic mass is 35.5. The Kier molecular flexibility index (Phi) is 8.16. The zero-order valence-electron chi connectivity index (χ0n) is 15.7. The number of hydrogen-bond acceptors (Lipinski definition) is 5. The minimum Gasteiger partial charge on any atom is -0.475 e. The predicted molar refractivity (Wildman–Crippen MR) is 103 cm³/mol. The van der Waals surface area contributed by atoms with Gasteiger partial charge in [0.05, 0.1) is 5.69 Å². The number of aromatic nitrogens is 1. The van der Waals surface area contributed by atoms with E-state index in [1.54, 1.807) is 12.1 Å². The molecule has 3 rings (SSSR count). The maximum Gasteiger partial charge on any atom is 0.490 e. The lowest BCUT2D eigenvalue weighted by atomic mass is 10.1. The lowest BCUT2D eigenvalue weighted by molar-refractivity contribution is -0.192. The third kappa shape index (κ3) is 6.92. The van der Waals surface area contributed by atoms with Crippen molar-refractivity contribution in [2.75, 3.05) is 19.6 Å². The second-order valence-corrected chi connectivity index (χ2v) is 7.76. The van der Waals surface area contributed by atoms with Gasteiger partial charge in [0.15, 0.2) is 5.01 Å². The van der Waals surface area contributed by atoms with Gasteiger partial charge in [-0.2, -0.15) is 13.2 Å². The number of hydrogen-bond donors (Lipinski definition) is 2. The van der Waals surface area contributed by atoms with Crippen LogP contribution in [0.2, 0.25) is 5.02 Å². The first-order chi connectivity index (χ1) is 14.0. The number of rotatable bonds is 3. The van der Waals surface area contributed by atoms with E-state index < -0.39 is 12.1 Å². The summed E-state index contributed by atoms with van der Waals surface area (Å²) in [6, 6.07) is 4.88. The maximum absolute atomic E-state index is 13.8. The summed E-state index contributed by atoms with van der Waals surface area (Å²) in [7, 11) is 0. The number of carbonyl (C=O) groups is 2. The number of amides is 1. The van der Waals surface area contributed by atoms with E-state index in [-0.39, 0.29) is 17.8 Å². The number of nitrogens with one attached hydrogen (secondary N) is 1. The fourth-order valence-electron chi connectivity index (χ4n) is 2.60. The van der Waals surface area contributed by atoms with Crippen LogP contribution in [0.3, 0.4) is 0 Å². The predicted octanol–water partition coefficient (Wildman–Crippen LogP) is 3.59. The first-order valence-corrected chi connectivity index (χ1v) is 9.94. The molecule has 2 N–H and O–H groups in total. The van der Waals surface area contributed by atoms with Crippen molar-refractivity contribution < 1.29 is 32.3 Å². The lowest BCUT2D eigenvalue weighted by Crippen LogP contribution is -2.51. The zero-order valence-corrected chi connectivity index (χ0v) is 17.2. The lowest BCUT2D eigenvalue weighted by Gasteiger charge is -2.31. The Hall–Kier alpha value is -2.24. The number of alkyl halides is 3. The second kappa shape index (κ2) is 10.2. The van der Waals surface area contributed by atoms with Gasteiger partial charge < -0.3 is 15.3 Å². The molecule has 2 aromatic rings. The highest BCUT2D eigenvalue weighted by Crippen LogP contribution is 2.20. The summed E-state index contributed by atoms with van der Waals surface area (Å²) in [5, 5.41) is 13.1. The Bertz CT molecular complexity index is 907. The maximum atomic E-state index is 13.8. The Balaban J connectivity index is 0.000000396. The molecule has 6 nitrogen and oxygen atoms in total. The highest BCUT2D eigenvalue weighted by Gasteiger charge is 2.38. The zero-order chi connectivity index (χ0) is 22.5. The average Bonchev–Trinajstić information content (AvgIpc) is 3.12. The molecule has 0 saturated carbocycles. The van der Waals surface area contributed by atoms with Crippen LogP contribution in [0.1, 0.15) is 28.0 Å². The standard InChI is InChI=1S/C16H17ClFN3OS.C2HF3O2/c1-10-8-21(5-4-19-10)16(22)15-20-13(9-23-15)6-11-2-3-12(17)7-14(11)18;3-2(4,5)1(6)7/h2-3,7,9-10,19H,4-6,8H2,1H3;(H,6,7)/t10-;/m0./s1. The van der Waals surface area contributed by atoms with Crippen LogP contribution >= 0.6 is 22.9 Å². The van der Waals surface area contributed by atoms with Crippen molar-refractivity contribution in [2.24, 2.45) is 0 Å². The Labute approximate surface area is 178 Å². The van der Waals surface area contributed by atoms with Crippen LogP contribution in [0.4, 0.5) is 17.6 Å². The second-order valence-electron chi connectivity index (χ2n) is 6.47. The van der Waals surface area contributed by atoms with Crippen LogP contribution in [0.15, 0.2) is 23.6 Å². The van der Waals surface area contributed by atoms with Crippen LogP contribution < -0.4 is 5.32 Å². The summed E-state index contributed by atoms with van der Waals surface area (Å²) >= 11 is 7.06. The van der Waals surface area contributed by atoms with E-state index in [2.05, 4.69) is 17.2 Å². The number of carbonyl (C=O) groups excluding carboxylic acids is 1. The molecule has 1 saturated heterocycles. The van der Waals surface area contributed by atoms with Gasteiger partial charge in [0, 0.05) is 42.5 Å². The number of benzene rings is 1. The minimum absolute atomic E-state index is 0.0498. The van der Waals surface area contributed by atoms with Gasteiger partial charge in [0.25, 0.3) is 5.91 Å². The van der Waals surface area contributed by atoms with Gasteiger partial charge in [0.1, 0.15) is 5.82 Å². The van der Waals surface area contributed by atoms with Crippen LogP contribution in [0.25, 0.3) is 0 Å². The van der Waals surface area contributed by atoms with Crippen molar-refractivity contribution in [1.82, 2.24) is 15.2 Å². The molecule has 1 fully saturated rings. The van der Waals surface area contributed by atoms with Crippen LogP contribution in [0, 0.1) is 5.82 Å². The molecule has 0 aliphatic carbocycles. The largest absolute Gasteiger partial charge is 0.490 e. The molecule has 1 aromatic carbocycles. The molecule has 0 unspecified atom stereocenters. The molecule has 1 aromatic heterocycles. The number of aliphatic carboxylic acids is 1. The van der Waals surface area contributed by atoms with Crippen LogP contribution in [0.5, 0.6) is 0 Å². The van der Waals surface area contributed by atoms with E-state index in [0.717, 1.165) is 6.54 Å². The summed E-state index contributed by atoms with van der Waals surface area (Å²) in [6.45, 7) is 4.21. The topological polar surface area (TPSA) is 82.5 Å². The summed E-state index contributed by atoms with van der Waals surface area (Å²) < 4.78 is 45.6. The molecule has 0 spiro atoms. The molecular weight excluding hydrogens is 450 g/mol. The van der Waals surface area contributed by atoms with Gasteiger partial charge in [-0.25, -0.2) is 14.2 Å². The number of nitrogens with zero attached hydrogens (tertiary/aromatic N) is 2. The van der Waals surface area contributed by atoms with E-state index in [1.807, 2.05) is 10.3 Å². The highest BCUT2D eigenvalue weighted by molar-refractivity contribution is 7.11. The molecule has 30 heavy (non-hydrogen) atoms. The number of carboxylic acid groups (broad SMARTS) is 1. The van der Waals surface area contributed by atoms with Crippen molar-refractivity contribution >= 4 is 34.8 Å². The average molecular weight is 468 g/mol. The molecular formula is C18H18ClF4N3O3S. The number of carboxylic acids is 1. The summed E-state index contributed by atoms with van der Waals surface area (Å²) in [4.78, 5) is 27.6. The SMILES string of the molecule is C[C@H]1CN(C(=O)c2nc(Cc3ccc(Cl)cc3F)cs2)CCN1.O=C(O)C(F)(F)F. The first kappa shape index (κ1) is 24.0. The van der Waals surface area contributed by atoms with Crippen molar-refractivity contribution in [2.45, 2.75) is 25.6 Å². The molecule has 0 bridgehead atoms. The first-order valence-electron chi connectivity index (χ1n) is 8.68. The molecule has 12 heteroatoms. The quantitative estimate of drug-likeness (QED) is 0.674. The monoisotopic (exact) mass is 467 g/mol. The summed E-state index contributed by atoms with van der Waals surface area (Å²) in [6.07, 6.45) is -4.73. The molecule has 2 heterocycles. The number of thiazole rings is 1. The van der Waals surface area contributed by atoms with Gasteiger partial charge in [-0.05, 0) is 24.6 Å². The molecule has 0 radical (unpaired) electrons. The summed E-state index contributed by atoms with van der Waals surface area (Å²) in [5.74, 6) is -3.16. The van der Waals surface area contributed by atoms with Crippen molar-refractivity contribution in [1.29, 1.82) is 0 Å². The van der Waals surface area contributed by atoms with Crippen molar-refractivity contribution in [3.63, 3.8) is 0 Å². The van der Waals surface area contributed by atoms with Crippen LogP contribution in [-0.2, 0) is 11.2 Å². The van der Waals surface area contributed by atoms with E-state index >= 15 is 0 Å². The van der Waals surface area contributed by atoms with Crippen LogP contribution in [-0.4, -0.2) is 58.7 Å². The molecule has 1 amide bonds. The van der Waals surface area contributed by atoms with E-state index in [1.165, 1.54) is 17.4 Å². The van der Waals surface area contributed by atoms with Gasteiger partial charge in [-0.3, -0.25) is 4.79 Å². The fraction of sp³-hybridized carbons (Fsp3) is 0.389. The smallest absolute Gasteiger partial charge is 0.475 e. The molecule has 1 aliphatic rings. The van der Waals surface area contributed by atoms with Gasteiger partial charge in [0.2, 0.25) is 0 Å². The van der Waals surface area contributed by atoms with Crippen molar-refractivity contribution in [3.05, 3.63) is 50.7 Å². The Morgan fingerprint density at radius 1 is 1.40 bits per heavy atom. The van der Waals surface area contributed by atoms with Gasteiger partial charge in [-0.1, -0.05) is 17.7 Å². The molecule has 1 aliphatic heterocycles. The van der Waals surface area contributed by atoms with E-state index in [0.29, 0.717) is 40.8 Å². The fourth-order valence-corrected chi connectivity index (χ4v) is 3.54. The van der Waals surface area contributed by atoms with E-state index in [9.17, 15) is 22.4 Å². The van der Waals surface area contributed by atoms with Gasteiger partial charge >= 0.3 is 12.1 Å². The third-order valence-electron chi connectivity index (χ3n) is 4.02. The third-order valence-corrected chi connectivity index (χ3v) is 5.13. The minimum atomic E-state index is -5.08. The van der Waals surface area contributed by atoms with Crippen molar-refractivity contribution in [3.8, 4) is 0 Å².